The summed E-state index contributed by atoms with van der Waals surface area (Å²) in [5.74, 6) is -1.60. The number of nitrogens with one attached hydrogen (secondary N) is 1. The fraction of sp³-hybridized carbons (Fsp3) is 0.333. The zero-order chi connectivity index (χ0) is 18.8. The van der Waals surface area contributed by atoms with Gasteiger partial charge in [0.2, 0.25) is 0 Å². The molecule has 1 aliphatic rings. The van der Waals surface area contributed by atoms with Gasteiger partial charge in [-0.3, -0.25) is 4.79 Å². The van der Waals surface area contributed by atoms with Crippen molar-refractivity contribution in [3.8, 4) is 0 Å². The lowest BCUT2D eigenvalue weighted by Gasteiger charge is -2.18. The number of nitrogens with zero attached hydrogens (tertiary/aromatic N) is 1. The summed E-state index contributed by atoms with van der Waals surface area (Å²) in [4.78, 5) is 25.3. The van der Waals surface area contributed by atoms with Crippen molar-refractivity contribution in [2.75, 3.05) is 32.1 Å². The van der Waals surface area contributed by atoms with E-state index in [1.165, 1.54) is 6.07 Å². The topological polar surface area (TPSA) is 78.9 Å². The van der Waals surface area contributed by atoms with Gasteiger partial charge >= 0.3 is 12.1 Å². The molecule has 0 aromatic heterocycles. The molecule has 0 unspecified atom stereocenters. The van der Waals surface area contributed by atoms with E-state index < -0.39 is 29.3 Å². The molecule has 0 aliphatic carbocycles. The highest BCUT2D eigenvalue weighted by molar-refractivity contribution is 6.33. The molecular weight excluding hydrogens is 365 g/mol. The SMILES string of the molecule is COC(=O)C1=C(Nc2c(Cl)cccc2C(F)(F)F)C(=O)N(CCO)C1. The molecule has 0 spiro atoms. The molecule has 1 aromatic carbocycles. The van der Waals surface area contributed by atoms with Crippen LogP contribution < -0.4 is 5.32 Å². The van der Waals surface area contributed by atoms with Crippen molar-refractivity contribution in [3.63, 3.8) is 0 Å². The maximum atomic E-state index is 13.2. The average Bonchev–Trinajstić information content (AvgIpc) is 2.85. The van der Waals surface area contributed by atoms with Crippen molar-refractivity contribution in [1.29, 1.82) is 0 Å². The molecular formula is C15H14ClF3N2O4. The van der Waals surface area contributed by atoms with E-state index in [-0.39, 0.29) is 36.0 Å². The van der Waals surface area contributed by atoms with Crippen molar-refractivity contribution >= 4 is 29.2 Å². The summed E-state index contributed by atoms with van der Waals surface area (Å²) in [6.07, 6.45) is -4.72. The molecule has 0 fully saturated rings. The number of ether oxygens (including phenoxy) is 1. The van der Waals surface area contributed by atoms with Gasteiger partial charge in [0.1, 0.15) is 5.70 Å². The molecule has 2 rings (SSSR count). The standard InChI is InChI=1S/C15H14ClF3N2O4/c1-25-14(24)8-7-21(5-6-22)13(23)11(8)20-12-9(15(17,18)19)3-2-4-10(12)16/h2-4,20,22H,5-7H2,1H3. The van der Waals surface area contributed by atoms with Crippen LogP contribution in [-0.2, 0) is 20.5 Å². The number of esters is 1. The number of aliphatic hydroxyl groups excluding tert-OH is 1. The Hall–Kier alpha value is -2.26. The van der Waals surface area contributed by atoms with E-state index in [4.69, 9.17) is 16.7 Å². The van der Waals surface area contributed by atoms with Gasteiger partial charge < -0.3 is 20.1 Å². The molecule has 1 aliphatic heterocycles. The Morgan fingerprint density at radius 1 is 1.44 bits per heavy atom. The first-order valence-electron chi connectivity index (χ1n) is 7.05. The van der Waals surface area contributed by atoms with Gasteiger partial charge in [0.25, 0.3) is 5.91 Å². The van der Waals surface area contributed by atoms with Crippen LogP contribution in [0.4, 0.5) is 18.9 Å². The van der Waals surface area contributed by atoms with Crippen molar-refractivity contribution < 1.29 is 32.6 Å². The summed E-state index contributed by atoms with van der Waals surface area (Å²) in [6, 6.07) is 3.15. The van der Waals surface area contributed by atoms with E-state index >= 15 is 0 Å². The van der Waals surface area contributed by atoms with E-state index in [2.05, 4.69) is 10.1 Å². The van der Waals surface area contributed by atoms with Gasteiger partial charge in [-0.2, -0.15) is 13.2 Å². The van der Waals surface area contributed by atoms with Crippen LogP contribution in [0.15, 0.2) is 29.5 Å². The Bertz CT molecular complexity index is 734. The molecule has 0 saturated heterocycles. The molecule has 1 amide bonds. The molecule has 0 bridgehead atoms. The zero-order valence-corrected chi connectivity index (χ0v) is 13.7. The summed E-state index contributed by atoms with van der Waals surface area (Å²) < 4.78 is 44.1. The van der Waals surface area contributed by atoms with Crippen LogP contribution in [0.3, 0.4) is 0 Å². The number of hydrogen-bond donors (Lipinski definition) is 2. The second-order valence-electron chi connectivity index (χ2n) is 5.08. The molecule has 6 nitrogen and oxygen atoms in total. The molecule has 136 valence electrons. The molecule has 10 heteroatoms. The maximum Gasteiger partial charge on any atom is 0.418 e. The monoisotopic (exact) mass is 378 g/mol. The van der Waals surface area contributed by atoms with Crippen LogP contribution in [0.5, 0.6) is 0 Å². The van der Waals surface area contributed by atoms with Crippen LogP contribution in [-0.4, -0.2) is 48.7 Å². The number of carbonyl (C=O) groups is 2. The Morgan fingerprint density at radius 3 is 2.68 bits per heavy atom. The highest BCUT2D eigenvalue weighted by Gasteiger charge is 2.38. The molecule has 25 heavy (non-hydrogen) atoms. The molecule has 2 N–H and O–H groups in total. The van der Waals surface area contributed by atoms with Gasteiger partial charge in [-0.25, -0.2) is 4.79 Å². The molecule has 0 radical (unpaired) electrons. The minimum absolute atomic E-state index is 0.0842. The van der Waals surface area contributed by atoms with Crippen LogP contribution in [0.25, 0.3) is 0 Å². The summed E-state index contributed by atoms with van der Waals surface area (Å²) in [5.41, 5.74) is -2.12. The summed E-state index contributed by atoms with van der Waals surface area (Å²) in [5, 5.41) is 11.1. The highest BCUT2D eigenvalue weighted by atomic mass is 35.5. The van der Waals surface area contributed by atoms with Gasteiger partial charge in [0.05, 0.1) is 42.1 Å². The first-order valence-corrected chi connectivity index (χ1v) is 7.42. The van der Waals surface area contributed by atoms with Crippen molar-refractivity contribution in [2.45, 2.75) is 6.18 Å². The quantitative estimate of drug-likeness (QED) is 0.767. The number of carbonyl (C=O) groups excluding carboxylic acids is 2. The second kappa shape index (κ2) is 7.32. The fourth-order valence-corrected chi connectivity index (χ4v) is 2.58. The van der Waals surface area contributed by atoms with Crippen molar-refractivity contribution in [1.82, 2.24) is 4.90 Å². The summed E-state index contributed by atoms with van der Waals surface area (Å²) in [7, 11) is 1.09. The lowest BCUT2D eigenvalue weighted by molar-refractivity contribution is -0.137. The number of halogens is 4. The highest BCUT2D eigenvalue weighted by Crippen LogP contribution is 2.39. The number of methoxy groups -OCH3 is 1. The largest absolute Gasteiger partial charge is 0.466 e. The lowest BCUT2D eigenvalue weighted by Crippen LogP contribution is -2.31. The van der Waals surface area contributed by atoms with Gasteiger partial charge in [0, 0.05) is 6.54 Å². The molecule has 1 heterocycles. The minimum atomic E-state index is -4.72. The third-order valence-electron chi connectivity index (χ3n) is 3.52. The zero-order valence-electron chi connectivity index (χ0n) is 13.0. The van der Waals surface area contributed by atoms with Gasteiger partial charge in [-0.15, -0.1) is 0 Å². The van der Waals surface area contributed by atoms with Gasteiger partial charge in [-0.05, 0) is 12.1 Å². The number of amides is 1. The summed E-state index contributed by atoms with van der Waals surface area (Å²) in [6.45, 7) is -0.646. The maximum absolute atomic E-state index is 13.2. The Kier molecular flexibility index (Phi) is 5.58. The van der Waals surface area contributed by atoms with Crippen molar-refractivity contribution in [2.24, 2.45) is 0 Å². The average molecular weight is 379 g/mol. The first kappa shape index (κ1) is 19.1. The van der Waals surface area contributed by atoms with Crippen LogP contribution in [0.1, 0.15) is 5.56 Å². The lowest BCUT2D eigenvalue weighted by atomic mass is 10.1. The first-order chi connectivity index (χ1) is 11.7. The smallest absolute Gasteiger partial charge is 0.418 e. The number of rotatable bonds is 5. The third kappa shape index (κ3) is 3.88. The number of β-amino-alcohol motifs (C(OH)–C–C–N with tert-alkyl or cyclic N) is 1. The molecule has 0 atom stereocenters. The van der Waals surface area contributed by atoms with E-state index in [1.54, 1.807) is 0 Å². The van der Waals surface area contributed by atoms with E-state index in [9.17, 15) is 22.8 Å². The van der Waals surface area contributed by atoms with Crippen molar-refractivity contribution in [3.05, 3.63) is 40.1 Å². The second-order valence-corrected chi connectivity index (χ2v) is 5.49. The number of benzene rings is 1. The molecule has 0 saturated carbocycles. The Morgan fingerprint density at radius 2 is 2.12 bits per heavy atom. The predicted octanol–water partition coefficient (Wildman–Crippen LogP) is 2.03. The fourth-order valence-electron chi connectivity index (χ4n) is 2.36. The van der Waals surface area contributed by atoms with Gasteiger partial charge in [-0.1, -0.05) is 17.7 Å². The number of anilines is 1. The molecule has 1 aromatic rings. The van der Waals surface area contributed by atoms with Crippen LogP contribution in [0.2, 0.25) is 5.02 Å². The van der Waals surface area contributed by atoms with Crippen LogP contribution >= 0.6 is 11.6 Å². The summed E-state index contributed by atoms with van der Waals surface area (Å²) >= 11 is 5.85. The number of alkyl halides is 3. The predicted molar refractivity (Wildman–Crippen MR) is 82.8 cm³/mol. The number of hydrogen-bond acceptors (Lipinski definition) is 5. The normalized spacial score (nSPS) is 15.0. The van der Waals surface area contributed by atoms with Gasteiger partial charge in [0.15, 0.2) is 0 Å². The third-order valence-corrected chi connectivity index (χ3v) is 3.84. The Balaban J connectivity index is 2.50. The van der Waals surface area contributed by atoms with E-state index in [0.29, 0.717) is 0 Å². The number of aliphatic hydroxyl groups is 1. The van der Waals surface area contributed by atoms with E-state index in [0.717, 1.165) is 24.1 Å². The Labute approximate surface area is 145 Å². The van der Waals surface area contributed by atoms with E-state index in [1.807, 2.05) is 0 Å². The minimum Gasteiger partial charge on any atom is -0.466 e. The van der Waals surface area contributed by atoms with Crippen LogP contribution in [0, 0.1) is 0 Å². The number of para-hydroxylation sites is 1.